The molecule has 31 heavy (non-hydrogen) atoms. The van der Waals surface area contributed by atoms with E-state index in [1.807, 2.05) is 39.8 Å². The van der Waals surface area contributed by atoms with E-state index in [4.69, 9.17) is 9.47 Å². The molecule has 2 aromatic carbocycles. The lowest BCUT2D eigenvalue weighted by Crippen LogP contribution is -2.52. The Kier molecular flexibility index (Phi) is 6.04. The lowest BCUT2D eigenvalue weighted by Gasteiger charge is -2.40. The molecule has 0 aliphatic rings. The maximum Gasteiger partial charge on any atom is 0.333 e. The summed E-state index contributed by atoms with van der Waals surface area (Å²) in [6.45, 7) is 17.3. The Morgan fingerprint density at radius 2 is 1.61 bits per heavy atom. The van der Waals surface area contributed by atoms with E-state index in [1.165, 1.54) is 11.3 Å². The van der Waals surface area contributed by atoms with Crippen LogP contribution in [0, 0.1) is 0 Å². The van der Waals surface area contributed by atoms with E-state index in [9.17, 15) is 4.79 Å². The van der Waals surface area contributed by atoms with E-state index >= 15 is 0 Å². The number of esters is 1. The largest absolute Gasteiger partial charge is 0.484 e. The fraction of sp³-hybridized carbons (Fsp3) is 0.370. The highest BCUT2D eigenvalue weighted by Gasteiger charge is 2.43. The highest BCUT2D eigenvalue weighted by Crippen LogP contribution is 2.36. The second-order valence-corrected chi connectivity index (χ2v) is 9.37. The normalized spacial score (nSPS) is 12.3. The van der Waals surface area contributed by atoms with Gasteiger partial charge in [-0.1, -0.05) is 36.9 Å². The first kappa shape index (κ1) is 22.7. The van der Waals surface area contributed by atoms with Crippen molar-refractivity contribution in [3.05, 3.63) is 66.7 Å². The van der Waals surface area contributed by atoms with Crippen molar-refractivity contribution in [1.29, 1.82) is 0 Å². The summed E-state index contributed by atoms with van der Waals surface area (Å²) in [6.07, 6.45) is 0. The third-order valence-corrected chi connectivity index (χ3v) is 5.92. The van der Waals surface area contributed by atoms with Gasteiger partial charge < -0.3 is 14.0 Å². The summed E-state index contributed by atoms with van der Waals surface area (Å²) in [7, 11) is 0. The number of hydrogen-bond acceptors (Lipinski definition) is 3. The first-order valence-corrected chi connectivity index (χ1v) is 10.7. The zero-order valence-electron chi connectivity index (χ0n) is 19.7. The molecule has 0 unspecified atom stereocenters. The van der Waals surface area contributed by atoms with Gasteiger partial charge in [0, 0.05) is 28.8 Å². The summed E-state index contributed by atoms with van der Waals surface area (Å²) in [5, 5.41) is 1.16. The van der Waals surface area contributed by atoms with Crippen LogP contribution in [0.5, 0.6) is 5.75 Å². The molecule has 3 rings (SSSR count). The Labute approximate surface area is 185 Å². The highest BCUT2D eigenvalue weighted by atomic mass is 16.6. The van der Waals surface area contributed by atoms with Crippen LogP contribution in [0.15, 0.2) is 66.7 Å². The predicted molar refractivity (Wildman–Crippen MR) is 127 cm³/mol. The summed E-state index contributed by atoms with van der Waals surface area (Å²) in [6, 6.07) is 19.0. The van der Waals surface area contributed by atoms with Crippen LogP contribution in [0.25, 0.3) is 22.2 Å². The number of ether oxygens (including phenoxy) is 2. The van der Waals surface area contributed by atoms with E-state index in [0.29, 0.717) is 5.57 Å². The van der Waals surface area contributed by atoms with Gasteiger partial charge >= 0.3 is 5.97 Å². The van der Waals surface area contributed by atoms with Crippen LogP contribution in [0.2, 0.25) is 0 Å². The minimum Gasteiger partial charge on any atom is -0.484 e. The molecule has 0 aliphatic heterocycles. The molecule has 0 spiro atoms. The van der Waals surface area contributed by atoms with Crippen molar-refractivity contribution in [3.63, 3.8) is 0 Å². The molecular formula is C27H33NO3. The van der Waals surface area contributed by atoms with E-state index in [1.54, 1.807) is 6.92 Å². The van der Waals surface area contributed by atoms with E-state index < -0.39 is 17.2 Å². The van der Waals surface area contributed by atoms with Gasteiger partial charge in [0.05, 0.1) is 5.52 Å². The molecule has 4 heteroatoms. The summed E-state index contributed by atoms with van der Waals surface area (Å²) in [5.41, 5.74) is 2.23. The molecule has 1 aromatic heterocycles. The van der Waals surface area contributed by atoms with Crippen LogP contribution >= 0.6 is 0 Å². The van der Waals surface area contributed by atoms with E-state index in [-0.39, 0.29) is 6.04 Å². The van der Waals surface area contributed by atoms with Crippen molar-refractivity contribution in [2.75, 3.05) is 0 Å². The predicted octanol–water partition coefficient (Wildman–Crippen LogP) is 6.94. The van der Waals surface area contributed by atoms with Crippen molar-refractivity contribution >= 4 is 16.9 Å². The summed E-state index contributed by atoms with van der Waals surface area (Å²) in [4.78, 5) is 12.1. The molecule has 0 amide bonds. The van der Waals surface area contributed by atoms with E-state index in [0.717, 1.165) is 16.7 Å². The quantitative estimate of drug-likeness (QED) is 0.307. The Hall–Kier alpha value is -3.01. The van der Waals surface area contributed by atoms with Gasteiger partial charge in [-0.2, -0.15) is 0 Å². The maximum absolute atomic E-state index is 12.1. The highest BCUT2D eigenvalue weighted by molar-refractivity contribution is 5.88. The van der Waals surface area contributed by atoms with Crippen molar-refractivity contribution in [2.45, 2.75) is 65.7 Å². The van der Waals surface area contributed by atoms with Crippen LogP contribution in [-0.2, 0) is 9.53 Å². The lowest BCUT2D eigenvalue weighted by molar-refractivity contribution is -0.171. The number of rotatable bonds is 7. The molecule has 0 saturated carbocycles. The second-order valence-electron chi connectivity index (χ2n) is 9.37. The Morgan fingerprint density at radius 3 is 2.19 bits per heavy atom. The zero-order chi connectivity index (χ0) is 23.0. The summed E-state index contributed by atoms with van der Waals surface area (Å²) in [5.74, 6) is 0.315. The van der Waals surface area contributed by atoms with Crippen LogP contribution in [0.3, 0.4) is 0 Å². The Bertz CT molecular complexity index is 1100. The van der Waals surface area contributed by atoms with Gasteiger partial charge in [-0.3, -0.25) is 0 Å². The maximum atomic E-state index is 12.1. The van der Waals surface area contributed by atoms with Gasteiger partial charge in [-0.25, -0.2) is 4.79 Å². The topological polar surface area (TPSA) is 40.5 Å². The van der Waals surface area contributed by atoms with Gasteiger partial charge in [-0.05, 0) is 72.2 Å². The molecule has 1 heterocycles. The Morgan fingerprint density at radius 1 is 0.968 bits per heavy atom. The number of hydrogen-bond donors (Lipinski definition) is 0. The number of nitrogens with zero attached hydrogens (tertiary/aromatic N) is 1. The molecule has 0 aliphatic carbocycles. The summed E-state index contributed by atoms with van der Waals surface area (Å²) >= 11 is 0. The van der Waals surface area contributed by atoms with Crippen molar-refractivity contribution in [2.24, 2.45) is 0 Å². The van der Waals surface area contributed by atoms with Crippen molar-refractivity contribution in [1.82, 2.24) is 4.57 Å². The SMILES string of the molecule is C=C(C)C(=O)OC(C)(C)C(C)(C)Oc1ccc2cc(-c3ccccc3)n(C(C)C)c2c1. The molecule has 0 bridgehead atoms. The molecule has 0 radical (unpaired) electrons. The van der Waals surface area contributed by atoms with Gasteiger partial charge in [0.2, 0.25) is 0 Å². The molecular weight excluding hydrogens is 386 g/mol. The minimum atomic E-state index is -0.854. The van der Waals surface area contributed by atoms with E-state index in [2.05, 4.69) is 67.5 Å². The van der Waals surface area contributed by atoms with Gasteiger partial charge in [-0.15, -0.1) is 0 Å². The third kappa shape index (κ3) is 4.53. The average Bonchev–Trinajstić information content (AvgIpc) is 3.06. The van der Waals surface area contributed by atoms with Gasteiger partial charge in [0.25, 0.3) is 0 Å². The standard InChI is InChI=1S/C27H33NO3/c1-18(2)25(29)31-27(7,8)26(5,6)30-22-15-14-21-16-23(20-12-10-9-11-13-20)28(19(3)4)24(21)17-22/h9-17,19H,1H2,2-8H3. The molecule has 4 nitrogen and oxygen atoms in total. The minimum absolute atomic E-state index is 0.281. The van der Waals surface area contributed by atoms with Crippen LogP contribution in [-0.4, -0.2) is 21.7 Å². The van der Waals surface area contributed by atoms with Crippen molar-refractivity contribution in [3.8, 4) is 17.0 Å². The number of carbonyl (C=O) groups excluding carboxylic acids is 1. The molecule has 0 N–H and O–H groups in total. The zero-order valence-corrected chi connectivity index (χ0v) is 19.7. The van der Waals surface area contributed by atoms with Crippen LogP contribution in [0.4, 0.5) is 0 Å². The fourth-order valence-corrected chi connectivity index (χ4v) is 3.51. The number of carbonyl (C=O) groups is 1. The summed E-state index contributed by atoms with van der Waals surface area (Å²) < 4.78 is 14.4. The smallest absolute Gasteiger partial charge is 0.333 e. The fourth-order valence-electron chi connectivity index (χ4n) is 3.51. The molecule has 0 atom stereocenters. The van der Waals surface area contributed by atoms with Crippen molar-refractivity contribution < 1.29 is 14.3 Å². The average molecular weight is 420 g/mol. The molecule has 3 aromatic rings. The number of fused-ring (bicyclic) bond motifs is 1. The third-order valence-electron chi connectivity index (χ3n) is 5.92. The van der Waals surface area contributed by atoms with Gasteiger partial charge in [0.1, 0.15) is 17.0 Å². The monoisotopic (exact) mass is 419 g/mol. The number of benzene rings is 2. The van der Waals surface area contributed by atoms with Crippen LogP contribution in [0.1, 0.15) is 54.5 Å². The number of aromatic nitrogens is 1. The first-order chi connectivity index (χ1) is 14.4. The first-order valence-electron chi connectivity index (χ1n) is 10.7. The molecule has 164 valence electrons. The molecule has 0 fully saturated rings. The van der Waals surface area contributed by atoms with Gasteiger partial charge in [0.15, 0.2) is 0 Å². The lowest BCUT2D eigenvalue weighted by atomic mass is 9.89. The Balaban J connectivity index is 2.00. The second kappa shape index (κ2) is 8.26. The molecule has 0 saturated heterocycles. The van der Waals surface area contributed by atoms with Crippen LogP contribution < -0.4 is 4.74 Å².